The molecule has 2 N–H and O–H groups in total. The Balaban J connectivity index is 3.75. The summed E-state index contributed by atoms with van der Waals surface area (Å²) in [6.45, 7) is -0.210. The molecule has 0 spiro atoms. The maximum absolute atomic E-state index is 10.4. The number of aliphatic carboxylic acids is 1. The lowest BCUT2D eigenvalue weighted by atomic mass is 10.3. The van der Waals surface area contributed by atoms with Crippen molar-refractivity contribution in [3.63, 3.8) is 0 Å². The van der Waals surface area contributed by atoms with E-state index in [-0.39, 0.29) is 13.0 Å². The normalized spacial score (nSPS) is 10.7. The lowest BCUT2D eigenvalue weighted by molar-refractivity contribution is -0.129. The van der Waals surface area contributed by atoms with Crippen molar-refractivity contribution in [3.8, 4) is 0 Å². The van der Waals surface area contributed by atoms with Gasteiger partial charge in [-0.3, -0.25) is 0 Å². The Bertz CT molecular complexity index is 223. The van der Waals surface area contributed by atoms with E-state index in [1.807, 2.05) is 0 Å². The van der Waals surface area contributed by atoms with Crippen molar-refractivity contribution in [1.82, 2.24) is 0 Å². The summed E-state index contributed by atoms with van der Waals surface area (Å²) in [4.78, 5) is 20.6. The van der Waals surface area contributed by atoms with Gasteiger partial charge in [0.05, 0.1) is 7.11 Å². The molecule has 0 aliphatic carbocycles. The molecule has 0 atom stereocenters. The van der Waals surface area contributed by atoms with Gasteiger partial charge in [-0.2, -0.15) is 0 Å². The average molecular weight is 191 g/mol. The first kappa shape index (κ1) is 11.2. The van der Waals surface area contributed by atoms with Crippen LogP contribution in [-0.4, -0.2) is 41.9 Å². The van der Waals surface area contributed by atoms with E-state index in [2.05, 4.69) is 14.6 Å². The minimum absolute atomic E-state index is 0.180. The van der Waals surface area contributed by atoms with Crippen LogP contribution < -0.4 is 0 Å². The van der Waals surface area contributed by atoms with Crippen LogP contribution in [0.3, 0.4) is 0 Å². The second kappa shape index (κ2) is 5.81. The largest absolute Gasteiger partial charge is 0.507 e. The number of nitrogens with zero attached hydrogens (tertiary/aromatic N) is 1. The highest BCUT2D eigenvalue weighted by molar-refractivity contribution is 6.35. The molecule has 7 nitrogen and oxygen atoms in total. The van der Waals surface area contributed by atoms with Gasteiger partial charge in [0.1, 0.15) is 6.61 Å². The van der Waals surface area contributed by atoms with Gasteiger partial charge < -0.3 is 19.8 Å². The van der Waals surface area contributed by atoms with Gasteiger partial charge in [-0.1, -0.05) is 5.16 Å². The zero-order valence-corrected chi connectivity index (χ0v) is 6.89. The number of ether oxygens (including phenoxy) is 2. The SMILES string of the molecule is COC(=O)OCC/C(=N\O)C(=O)O. The summed E-state index contributed by atoms with van der Waals surface area (Å²) < 4.78 is 8.47. The first-order valence-corrected chi connectivity index (χ1v) is 3.26. The first-order chi connectivity index (χ1) is 6.11. The molecule has 0 heterocycles. The number of carboxylic acid groups (broad SMARTS) is 1. The van der Waals surface area contributed by atoms with Crippen LogP contribution >= 0.6 is 0 Å². The molecule has 13 heavy (non-hydrogen) atoms. The van der Waals surface area contributed by atoms with Gasteiger partial charge >= 0.3 is 12.1 Å². The molecule has 0 aromatic rings. The van der Waals surface area contributed by atoms with E-state index < -0.39 is 17.8 Å². The smallest absolute Gasteiger partial charge is 0.477 e. The van der Waals surface area contributed by atoms with Gasteiger partial charge in [0.2, 0.25) is 0 Å². The molecule has 0 aliphatic heterocycles. The van der Waals surface area contributed by atoms with Crippen LogP contribution in [-0.2, 0) is 14.3 Å². The Morgan fingerprint density at radius 1 is 1.46 bits per heavy atom. The number of rotatable bonds is 4. The van der Waals surface area contributed by atoms with Crippen LogP contribution in [0.4, 0.5) is 4.79 Å². The van der Waals surface area contributed by atoms with Crippen LogP contribution in [0.5, 0.6) is 0 Å². The van der Waals surface area contributed by atoms with Crippen molar-refractivity contribution < 1.29 is 29.4 Å². The number of hydrogen-bond donors (Lipinski definition) is 2. The zero-order chi connectivity index (χ0) is 10.3. The van der Waals surface area contributed by atoms with Crippen LogP contribution in [0, 0.1) is 0 Å². The lowest BCUT2D eigenvalue weighted by Crippen LogP contribution is -2.17. The number of carbonyl (C=O) groups is 2. The fourth-order valence-corrected chi connectivity index (χ4v) is 0.490. The highest BCUT2D eigenvalue weighted by atomic mass is 16.7. The zero-order valence-electron chi connectivity index (χ0n) is 6.89. The summed E-state index contributed by atoms with van der Waals surface area (Å²) in [5, 5.41) is 19.0. The van der Waals surface area contributed by atoms with Crippen molar-refractivity contribution in [2.45, 2.75) is 6.42 Å². The highest BCUT2D eigenvalue weighted by Gasteiger charge is 2.11. The predicted molar refractivity (Wildman–Crippen MR) is 39.8 cm³/mol. The number of oxime groups is 1. The minimum Gasteiger partial charge on any atom is -0.477 e. The molecule has 0 radical (unpaired) electrons. The molecule has 0 aliphatic rings. The van der Waals surface area contributed by atoms with Crippen molar-refractivity contribution in [1.29, 1.82) is 0 Å². The lowest BCUT2D eigenvalue weighted by Gasteiger charge is -2.01. The average Bonchev–Trinajstić information content (AvgIpc) is 2.11. The van der Waals surface area contributed by atoms with E-state index in [0.717, 1.165) is 7.11 Å². The quantitative estimate of drug-likeness (QED) is 0.282. The highest BCUT2D eigenvalue weighted by Crippen LogP contribution is 1.90. The predicted octanol–water partition coefficient (Wildman–Crippen LogP) is 0.0743. The summed E-state index contributed by atoms with van der Waals surface area (Å²) in [5.74, 6) is -1.36. The summed E-state index contributed by atoms with van der Waals surface area (Å²) in [6, 6.07) is 0. The van der Waals surface area contributed by atoms with Crippen LogP contribution in [0.15, 0.2) is 5.16 Å². The third-order valence-electron chi connectivity index (χ3n) is 1.09. The van der Waals surface area contributed by atoms with E-state index in [1.54, 1.807) is 0 Å². The minimum atomic E-state index is -1.36. The molecule has 0 rings (SSSR count). The second-order valence-electron chi connectivity index (χ2n) is 1.90. The third-order valence-corrected chi connectivity index (χ3v) is 1.09. The Labute approximate surface area is 73.6 Å². The van der Waals surface area contributed by atoms with E-state index >= 15 is 0 Å². The molecule has 0 aromatic carbocycles. The van der Waals surface area contributed by atoms with E-state index in [9.17, 15) is 9.59 Å². The molecular weight excluding hydrogens is 182 g/mol. The van der Waals surface area contributed by atoms with Crippen LogP contribution in [0.25, 0.3) is 0 Å². The third kappa shape index (κ3) is 4.62. The van der Waals surface area contributed by atoms with Crippen LogP contribution in [0.1, 0.15) is 6.42 Å². The number of hydrogen-bond acceptors (Lipinski definition) is 6. The second-order valence-corrected chi connectivity index (χ2v) is 1.90. The molecule has 0 aromatic heterocycles. The summed E-state index contributed by atoms with van der Waals surface area (Å²) >= 11 is 0. The number of carbonyl (C=O) groups excluding carboxylic acids is 1. The summed E-state index contributed by atoms with van der Waals surface area (Å²) in [6.07, 6.45) is -1.09. The molecule has 0 saturated carbocycles. The van der Waals surface area contributed by atoms with Gasteiger partial charge in [0.25, 0.3) is 0 Å². The summed E-state index contributed by atoms with van der Waals surface area (Å²) in [7, 11) is 1.13. The molecular formula is C6H9NO6. The van der Waals surface area contributed by atoms with Crippen molar-refractivity contribution in [2.75, 3.05) is 13.7 Å². The molecule has 7 heteroatoms. The van der Waals surface area contributed by atoms with E-state index in [1.165, 1.54) is 0 Å². The van der Waals surface area contributed by atoms with E-state index in [4.69, 9.17) is 10.3 Å². The van der Waals surface area contributed by atoms with Crippen molar-refractivity contribution in [3.05, 3.63) is 0 Å². The topological polar surface area (TPSA) is 105 Å². The molecule has 0 amide bonds. The van der Waals surface area contributed by atoms with Gasteiger partial charge in [0, 0.05) is 6.42 Å². The molecule has 0 saturated heterocycles. The summed E-state index contributed by atoms with van der Waals surface area (Å²) in [5.41, 5.74) is -0.482. The van der Waals surface area contributed by atoms with Gasteiger partial charge in [-0.05, 0) is 0 Å². The monoisotopic (exact) mass is 191 g/mol. The Morgan fingerprint density at radius 2 is 2.08 bits per heavy atom. The molecule has 0 unspecified atom stereocenters. The van der Waals surface area contributed by atoms with Crippen molar-refractivity contribution in [2.24, 2.45) is 5.16 Å². The number of carboxylic acids is 1. The fourth-order valence-electron chi connectivity index (χ4n) is 0.490. The van der Waals surface area contributed by atoms with Crippen LogP contribution in [0.2, 0.25) is 0 Å². The Kier molecular flexibility index (Phi) is 5.01. The van der Waals surface area contributed by atoms with E-state index in [0.29, 0.717) is 0 Å². The first-order valence-electron chi connectivity index (χ1n) is 3.26. The Hall–Kier alpha value is -1.79. The molecule has 0 bridgehead atoms. The maximum Gasteiger partial charge on any atom is 0.507 e. The maximum atomic E-state index is 10.4. The standard InChI is InChI=1S/C6H9NO6/c1-12-6(10)13-3-2-4(7-11)5(8)9/h11H,2-3H2,1H3,(H,8,9)/b7-4+. The number of methoxy groups -OCH3 is 1. The van der Waals surface area contributed by atoms with Crippen molar-refractivity contribution >= 4 is 17.8 Å². The fraction of sp³-hybridized carbons (Fsp3) is 0.500. The van der Waals surface area contributed by atoms with Gasteiger partial charge in [-0.25, -0.2) is 9.59 Å². The van der Waals surface area contributed by atoms with Gasteiger partial charge in [-0.15, -0.1) is 0 Å². The van der Waals surface area contributed by atoms with Gasteiger partial charge in [0.15, 0.2) is 5.71 Å². The molecule has 74 valence electrons. The molecule has 0 fully saturated rings. The Morgan fingerprint density at radius 3 is 2.46 bits per heavy atom.